The number of carbonyl (C=O) groups excluding carboxylic acids is 1. The Bertz CT molecular complexity index is 599. The second kappa shape index (κ2) is 7.51. The van der Waals surface area contributed by atoms with Gasteiger partial charge in [-0.3, -0.25) is 0 Å². The maximum atomic E-state index is 12.3. The number of rotatable bonds is 4. The molecule has 0 radical (unpaired) electrons. The molecule has 2 rings (SSSR count). The number of anilines is 1. The molecule has 0 bridgehead atoms. The standard InChI is InChI=1S/C18H27ClN2O3/c1-12-9-15(16(23-5)10-14(12)19)20-11-13-7-6-8-21(13)17(22)24-18(2,3)4/h9-10,13,20H,6-8,11H2,1-5H3. The van der Waals surface area contributed by atoms with Crippen LogP contribution in [-0.2, 0) is 4.74 Å². The first-order chi connectivity index (χ1) is 11.2. The number of likely N-dealkylation sites (tertiary alicyclic amines) is 1. The van der Waals surface area contributed by atoms with Gasteiger partial charge in [0.15, 0.2) is 0 Å². The van der Waals surface area contributed by atoms with Gasteiger partial charge < -0.3 is 19.7 Å². The van der Waals surface area contributed by atoms with Crippen molar-refractivity contribution in [2.24, 2.45) is 0 Å². The topological polar surface area (TPSA) is 50.8 Å². The minimum atomic E-state index is -0.478. The zero-order valence-electron chi connectivity index (χ0n) is 15.1. The first-order valence-corrected chi connectivity index (χ1v) is 8.66. The Hall–Kier alpha value is -1.62. The molecule has 1 saturated heterocycles. The molecular formula is C18H27ClN2O3. The fraction of sp³-hybridized carbons (Fsp3) is 0.611. The second-order valence-electron chi connectivity index (χ2n) is 7.15. The molecular weight excluding hydrogens is 328 g/mol. The summed E-state index contributed by atoms with van der Waals surface area (Å²) in [5.74, 6) is 0.701. The summed E-state index contributed by atoms with van der Waals surface area (Å²) in [7, 11) is 1.62. The molecule has 1 fully saturated rings. The summed E-state index contributed by atoms with van der Waals surface area (Å²) < 4.78 is 10.9. The maximum absolute atomic E-state index is 12.3. The van der Waals surface area contributed by atoms with E-state index >= 15 is 0 Å². The van der Waals surface area contributed by atoms with Crippen LogP contribution < -0.4 is 10.1 Å². The quantitative estimate of drug-likeness (QED) is 0.866. The molecule has 0 aromatic heterocycles. The van der Waals surface area contributed by atoms with Crippen LogP contribution in [0.15, 0.2) is 12.1 Å². The third-order valence-electron chi connectivity index (χ3n) is 4.01. The molecule has 134 valence electrons. The normalized spacial score (nSPS) is 17.8. The van der Waals surface area contributed by atoms with Crippen molar-refractivity contribution in [3.05, 3.63) is 22.7 Å². The van der Waals surface area contributed by atoms with Crippen LogP contribution in [0, 0.1) is 6.92 Å². The highest BCUT2D eigenvalue weighted by molar-refractivity contribution is 6.31. The van der Waals surface area contributed by atoms with Gasteiger partial charge in [-0.25, -0.2) is 4.79 Å². The van der Waals surface area contributed by atoms with Crippen LogP contribution in [0.2, 0.25) is 5.02 Å². The summed E-state index contributed by atoms with van der Waals surface area (Å²) in [5.41, 5.74) is 1.39. The molecule has 1 amide bonds. The summed E-state index contributed by atoms with van der Waals surface area (Å²) in [4.78, 5) is 14.2. The van der Waals surface area contributed by atoms with E-state index in [9.17, 15) is 4.79 Å². The molecule has 6 heteroatoms. The molecule has 1 atom stereocenters. The van der Waals surface area contributed by atoms with Crippen molar-refractivity contribution >= 4 is 23.4 Å². The lowest BCUT2D eigenvalue weighted by Crippen LogP contribution is -2.42. The van der Waals surface area contributed by atoms with Crippen LogP contribution in [0.4, 0.5) is 10.5 Å². The molecule has 0 saturated carbocycles. The average molecular weight is 355 g/mol. The third-order valence-corrected chi connectivity index (χ3v) is 4.42. The van der Waals surface area contributed by atoms with Crippen LogP contribution in [-0.4, -0.2) is 42.8 Å². The molecule has 1 heterocycles. The summed E-state index contributed by atoms with van der Waals surface area (Å²) in [6.07, 6.45) is 1.70. The van der Waals surface area contributed by atoms with Crippen LogP contribution in [0.25, 0.3) is 0 Å². The van der Waals surface area contributed by atoms with Gasteiger partial charge in [0.1, 0.15) is 11.4 Å². The Morgan fingerprint density at radius 2 is 2.12 bits per heavy atom. The van der Waals surface area contributed by atoms with E-state index in [0.717, 1.165) is 30.6 Å². The van der Waals surface area contributed by atoms with Gasteiger partial charge in [0.25, 0.3) is 0 Å². The molecule has 0 aliphatic carbocycles. The Morgan fingerprint density at radius 3 is 2.75 bits per heavy atom. The molecule has 1 aromatic rings. The minimum absolute atomic E-state index is 0.112. The number of benzene rings is 1. The lowest BCUT2D eigenvalue weighted by atomic mass is 10.1. The summed E-state index contributed by atoms with van der Waals surface area (Å²) in [6.45, 7) is 8.99. The fourth-order valence-electron chi connectivity index (χ4n) is 2.81. The van der Waals surface area contributed by atoms with Gasteiger partial charge in [-0.15, -0.1) is 0 Å². The number of nitrogens with one attached hydrogen (secondary N) is 1. The molecule has 1 unspecified atom stereocenters. The van der Waals surface area contributed by atoms with E-state index in [1.165, 1.54) is 0 Å². The van der Waals surface area contributed by atoms with Gasteiger partial charge in [0.05, 0.1) is 18.8 Å². The molecule has 1 aliphatic heterocycles. The highest BCUT2D eigenvalue weighted by Crippen LogP contribution is 2.31. The minimum Gasteiger partial charge on any atom is -0.495 e. The van der Waals surface area contributed by atoms with E-state index in [2.05, 4.69) is 5.32 Å². The number of carbonyl (C=O) groups is 1. The third kappa shape index (κ3) is 4.69. The summed E-state index contributed by atoms with van der Waals surface area (Å²) in [6, 6.07) is 3.88. The first-order valence-electron chi connectivity index (χ1n) is 8.29. The van der Waals surface area contributed by atoms with E-state index in [1.807, 2.05) is 38.7 Å². The van der Waals surface area contributed by atoms with Gasteiger partial charge in [0, 0.05) is 24.2 Å². The number of amides is 1. The molecule has 1 aromatic carbocycles. The Labute approximate surface area is 149 Å². The van der Waals surface area contributed by atoms with E-state index < -0.39 is 5.60 Å². The monoisotopic (exact) mass is 354 g/mol. The van der Waals surface area contributed by atoms with Crippen LogP contribution in [0.3, 0.4) is 0 Å². The van der Waals surface area contributed by atoms with Gasteiger partial charge >= 0.3 is 6.09 Å². The average Bonchev–Trinajstić information content (AvgIpc) is 2.95. The Morgan fingerprint density at radius 1 is 1.42 bits per heavy atom. The van der Waals surface area contributed by atoms with Crippen molar-refractivity contribution in [2.75, 3.05) is 25.5 Å². The number of hydrogen-bond acceptors (Lipinski definition) is 4. The van der Waals surface area contributed by atoms with Gasteiger partial charge in [-0.1, -0.05) is 11.6 Å². The van der Waals surface area contributed by atoms with E-state index in [4.69, 9.17) is 21.1 Å². The number of halogens is 1. The largest absolute Gasteiger partial charge is 0.495 e. The highest BCUT2D eigenvalue weighted by Gasteiger charge is 2.32. The smallest absolute Gasteiger partial charge is 0.410 e. The van der Waals surface area contributed by atoms with E-state index in [1.54, 1.807) is 13.2 Å². The Kier molecular flexibility index (Phi) is 5.86. The molecule has 0 spiro atoms. The first kappa shape index (κ1) is 18.7. The zero-order chi connectivity index (χ0) is 17.9. The molecule has 1 N–H and O–H groups in total. The van der Waals surface area contributed by atoms with Crippen LogP contribution in [0.1, 0.15) is 39.2 Å². The SMILES string of the molecule is COc1cc(Cl)c(C)cc1NCC1CCCN1C(=O)OC(C)(C)C. The predicted octanol–water partition coefficient (Wildman–Crippen LogP) is 4.47. The van der Waals surface area contributed by atoms with E-state index in [-0.39, 0.29) is 12.1 Å². The summed E-state index contributed by atoms with van der Waals surface area (Å²) >= 11 is 6.14. The summed E-state index contributed by atoms with van der Waals surface area (Å²) in [5, 5.41) is 4.06. The van der Waals surface area contributed by atoms with Crippen molar-refractivity contribution in [1.29, 1.82) is 0 Å². The predicted molar refractivity (Wildman–Crippen MR) is 97.2 cm³/mol. The zero-order valence-corrected chi connectivity index (χ0v) is 15.9. The maximum Gasteiger partial charge on any atom is 0.410 e. The number of methoxy groups -OCH3 is 1. The van der Waals surface area contributed by atoms with Gasteiger partial charge in [0.2, 0.25) is 0 Å². The van der Waals surface area contributed by atoms with E-state index in [0.29, 0.717) is 17.3 Å². The number of aryl methyl sites for hydroxylation is 1. The lowest BCUT2D eigenvalue weighted by Gasteiger charge is -2.29. The van der Waals surface area contributed by atoms with Crippen LogP contribution in [0.5, 0.6) is 5.75 Å². The van der Waals surface area contributed by atoms with Crippen molar-refractivity contribution in [2.45, 2.75) is 52.2 Å². The lowest BCUT2D eigenvalue weighted by molar-refractivity contribution is 0.0235. The van der Waals surface area contributed by atoms with Crippen molar-refractivity contribution in [1.82, 2.24) is 4.90 Å². The van der Waals surface area contributed by atoms with Gasteiger partial charge in [-0.05, 0) is 52.2 Å². The van der Waals surface area contributed by atoms with Crippen molar-refractivity contribution in [3.8, 4) is 5.75 Å². The molecule has 5 nitrogen and oxygen atoms in total. The number of nitrogens with zero attached hydrogens (tertiary/aromatic N) is 1. The second-order valence-corrected chi connectivity index (χ2v) is 7.56. The molecule has 24 heavy (non-hydrogen) atoms. The Balaban J connectivity index is 2.03. The van der Waals surface area contributed by atoms with Gasteiger partial charge in [-0.2, -0.15) is 0 Å². The van der Waals surface area contributed by atoms with Crippen molar-refractivity contribution < 1.29 is 14.3 Å². The number of ether oxygens (including phenoxy) is 2. The highest BCUT2D eigenvalue weighted by atomic mass is 35.5. The number of hydrogen-bond donors (Lipinski definition) is 1. The molecule has 1 aliphatic rings. The fourth-order valence-corrected chi connectivity index (χ4v) is 2.96. The van der Waals surface area contributed by atoms with Crippen LogP contribution >= 0.6 is 11.6 Å². The van der Waals surface area contributed by atoms with Crippen molar-refractivity contribution in [3.63, 3.8) is 0 Å².